The van der Waals surface area contributed by atoms with E-state index in [4.69, 9.17) is 0 Å². The van der Waals surface area contributed by atoms with Gasteiger partial charge < -0.3 is 4.90 Å². The van der Waals surface area contributed by atoms with E-state index < -0.39 is 11.8 Å². The van der Waals surface area contributed by atoms with Gasteiger partial charge in [0.25, 0.3) is 11.8 Å². The first-order valence-corrected chi connectivity index (χ1v) is 9.30. The molecule has 1 aromatic carbocycles. The lowest BCUT2D eigenvalue weighted by Crippen LogP contribution is -2.44. The molecule has 3 amide bonds. The van der Waals surface area contributed by atoms with Crippen LogP contribution < -0.4 is 0 Å². The van der Waals surface area contributed by atoms with Crippen LogP contribution in [0.15, 0.2) is 24.3 Å². The molecule has 7 heteroatoms. The molecule has 0 bridgehead atoms. The van der Waals surface area contributed by atoms with Crippen molar-refractivity contribution in [2.45, 2.75) is 39.2 Å². The lowest BCUT2D eigenvalue weighted by atomic mass is 9.96. The van der Waals surface area contributed by atoms with Crippen molar-refractivity contribution in [3.8, 4) is 0 Å². The van der Waals surface area contributed by atoms with Crippen LogP contribution in [0.5, 0.6) is 0 Å². The summed E-state index contributed by atoms with van der Waals surface area (Å²) >= 11 is 0. The zero-order valence-electron chi connectivity index (χ0n) is 15.5. The lowest BCUT2D eigenvalue weighted by molar-refractivity contribution is -0.132. The Balaban J connectivity index is 1.50. The van der Waals surface area contributed by atoms with Gasteiger partial charge >= 0.3 is 0 Å². The van der Waals surface area contributed by atoms with Gasteiger partial charge in [-0.1, -0.05) is 26.0 Å². The van der Waals surface area contributed by atoms with E-state index >= 15 is 0 Å². The van der Waals surface area contributed by atoms with Crippen molar-refractivity contribution >= 4 is 17.7 Å². The van der Waals surface area contributed by atoms with E-state index in [1.165, 1.54) is 0 Å². The maximum absolute atomic E-state index is 12.8. The second-order valence-electron chi connectivity index (χ2n) is 7.18. The fourth-order valence-corrected chi connectivity index (χ4v) is 3.75. The number of carbonyl (C=O) groups is 3. The SMILES string of the molecule is CCC(C)c1n[nH]c2c1CN(C(=O)CN1C(=O)c3ccccc3C1=O)CC2. The van der Waals surface area contributed by atoms with Gasteiger partial charge in [0.05, 0.1) is 16.8 Å². The largest absolute Gasteiger partial charge is 0.336 e. The van der Waals surface area contributed by atoms with Gasteiger partial charge in [-0.25, -0.2) is 0 Å². The summed E-state index contributed by atoms with van der Waals surface area (Å²) < 4.78 is 0. The summed E-state index contributed by atoms with van der Waals surface area (Å²) in [6.07, 6.45) is 1.67. The van der Waals surface area contributed by atoms with Gasteiger partial charge in [0, 0.05) is 36.7 Å². The number of amides is 3. The zero-order valence-corrected chi connectivity index (χ0v) is 15.5. The number of nitrogens with one attached hydrogen (secondary N) is 1. The van der Waals surface area contributed by atoms with Crippen LogP contribution in [0.1, 0.15) is 63.9 Å². The van der Waals surface area contributed by atoms with Gasteiger partial charge in [0.15, 0.2) is 0 Å². The number of imide groups is 1. The molecule has 27 heavy (non-hydrogen) atoms. The molecular formula is C20H22N4O3. The second-order valence-corrected chi connectivity index (χ2v) is 7.18. The van der Waals surface area contributed by atoms with Crippen LogP contribution in [0.25, 0.3) is 0 Å². The number of carbonyl (C=O) groups excluding carboxylic acids is 3. The molecule has 0 saturated carbocycles. The molecule has 0 spiro atoms. The number of H-pyrrole nitrogens is 1. The van der Waals surface area contributed by atoms with Gasteiger partial charge in [-0.3, -0.25) is 24.4 Å². The van der Waals surface area contributed by atoms with Crippen molar-refractivity contribution in [2.24, 2.45) is 0 Å². The van der Waals surface area contributed by atoms with E-state index in [1.807, 2.05) is 0 Å². The van der Waals surface area contributed by atoms with Crippen LogP contribution in [0.2, 0.25) is 0 Å². The Kier molecular flexibility index (Phi) is 4.30. The van der Waals surface area contributed by atoms with Gasteiger partial charge in [-0.05, 0) is 18.6 Å². The number of hydrogen-bond donors (Lipinski definition) is 1. The highest BCUT2D eigenvalue weighted by molar-refractivity contribution is 6.22. The third kappa shape index (κ3) is 2.83. The van der Waals surface area contributed by atoms with Crippen LogP contribution >= 0.6 is 0 Å². The van der Waals surface area contributed by atoms with E-state index in [1.54, 1.807) is 29.2 Å². The van der Waals surface area contributed by atoms with Crippen LogP contribution in [0, 0.1) is 0 Å². The van der Waals surface area contributed by atoms with E-state index in [0.29, 0.717) is 36.6 Å². The molecule has 3 heterocycles. The van der Waals surface area contributed by atoms with Crippen molar-refractivity contribution in [2.75, 3.05) is 13.1 Å². The molecule has 2 aliphatic rings. The number of hydrogen-bond acceptors (Lipinski definition) is 4. The number of aromatic amines is 1. The number of benzene rings is 1. The molecule has 0 fully saturated rings. The molecule has 1 aromatic heterocycles. The first-order chi connectivity index (χ1) is 13.0. The minimum Gasteiger partial charge on any atom is -0.336 e. The first kappa shape index (κ1) is 17.5. The normalized spacial score (nSPS) is 17.1. The molecule has 1 unspecified atom stereocenters. The van der Waals surface area contributed by atoms with Gasteiger partial charge in [-0.15, -0.1) is 0 Å². The van der Waals surface area contributed by atoms with Gasteiger partial charge in [-0.2, -0.15) is 5.10 Å². The molecule has 1 atom stereocenters. The average molecular weight is 366 g/mol. The van der Waals surface area contributed by atoms with E-state index in [0.717, 1.165) is 28.3 Å². The van der Waals surface area contributed by atoms with Crippen molar-refractivity contribution < 1.29 is 14.4 Å². The van der Waals surface area contributed by atoms with Crippen molar-refractivity contribution in [3.63, 3.8) is 0 Å². The van der Waals surface area contributed by atoms with Crippen LogP contribution in [0.3, 0.4) is 0 Å². The highest BCUT2D eigenvalue weighted by Gasteiger charge is 2.37. The monoisotopic (exact) mass is 366 g/mol. The van der Waals surface area contributed by atoms with Crippen molar-refractivity contribution in [1.29, 1.82) is 0 Å². The Hall–Kier alpha value is -2.96. The van der Waals surface area contributed by atoms with Crippen LogP contribution in [-0.4, -0.2) is 50.8 Å². The minimum absolute atomic E-state index is 0.216. The average Bonchev–Trinajstić information content (AvgIpc) is 3.22. The lowest BCUT2D eigenvalue weighted by Gasteiger charge is -2.29. The van der Waals surface area contributed by atoms with E-state index in [-0.39, 0.29) is 12.5 Å². The zero-order chi connectivity index (χ0) is 19.1. The Morgan fingerprint density at radius 2 is 1.89 bits per heavy atom. The summed E-state index contributed by atoms with van der Waals surface area (Å²) in [6.45, 7) is 5.03. The van der Waals surface area contributed by atoms with Crippen molar-refractivity contribution in [1.82, 2.24) is 20.0 Å². The van der Waals surface area contributed by atoms with Gasteiger partial charge in [0.2, 0.25) is 5.91 Å². The maximum Gasteiger partial charge on any atom is 0.262 e. The van der Waals surface area contributed by atoms with Crippen LogP contribution in [0.4, 0.5) is 0 Å². The molecule has 0 saturated heterocycles. The quantitative estimate of drug-likeness (QED) is 0.840. The minimum atomic E-state index is -0.398. The first-order valence-electron chi connectivity index (χ1n) is 9.30. The molecule has 0 aliphatic carbocycles. The fourth-order valence-electron chi connectivity index (χ4n) is 3.75. The van der Waals surface area contributed by atoms with Gasteiger partial charge in [0.1, 0.15) is 6.54 Å². The van der Waals surface area contributed by atoms with E-state index in [2.05, 4.69) is 24.0 Å². The topological polar surface area (TPSA) is 86.4 Å². The number of aromatic nitrogens is 2. The Morgan fingerprint density at radius 1 is 1.22 bits per heavy atom. The standard InChI is InChI=1S/C20H22N4O3/c1-3-12(2)18-15-10-23(9-8-16(15)21-22-18)17(25)11-24-19(26)13-6-4-5-7-14(13)20(24)27/h4-7,12H,3,8-11H2,1-2H3,(H,21,22). The maximum atomic E-state index is 12.8. The second kappa shape index (κ2) is 6.64. The number of fused-ring (bicyclic) bond motifs is 2. The summed E-state index contributed by atoms with van der Waals surface area (Å²) in [6, 6.07) is 6.68. The van der Waals surface area contributed by atoms with E-state index in [9.17, 15) is 14.4 Å². The van der Waals surface area contributed by atoms with Crippen LogP contribution in [-0.2, 0) is 17.8 Å². The smallest absolute Gasteiger partial charge is 0.262 e. The fraction of sp³-hybridized carbons (Fsp3) is 0.400. The summed E-state index contributed by atoms with van der Waals surface area (Å²) in [7, 11) is 0. The Labute approximate surface area is 157 Å². The molecular weight excluding hydrogens is 344 g/mol. The summed E-state index contributed by atoms with van der Waals surface area (Å²) in [4.78, 5) is 40.6. The molecule has 0 radical (unpaired) electrons. The predicted octanol–water partition coefficient (Wildman–Crippen LogP) is 2.10. The Morgan fingerprint density at radius 3 is 2.52 bits per heavy atom. The third-order valence-corrected chi connectivity index (χ3v) is 5.57. The summed E-state index contributed by atoms with van der Waals surface area (Å²) in [5.74, 6) is -0.696. The highest BCUT2D eigenvalue weighted by Crippen LogP contribution is 2.28. The van der Waals surface area contributed by atoms with Crippen molar-refractivity contribution in [3.05, 3.63) is 52.3 Å². The summed E-state index contributed by atoms with van der Waals surface area (Å²) in [5.41, 5.74) is 3.89. The third-order valence-electron chi connectivity index (χ3n) is 5.57. The molecule has 1 N–H and O–H groups in total. The predicted molar refractivity (Wildman–Crippen MR) is 98.2 cm³/mol. The molecule has 2 aromatic rings. The summed E-state index contributed by atoms with van der Waals surface area (Å²) in [5, 5.41) is 7.53. The molecule has 140 valence electrons. The number of nitrogens with zero attached hydrogens (tertiary/aromatic N) is 3. The Bertz CT molecular complexity index is 898. The molecule has 2 aliphatic heterocycles. The molecule has 4 rings (SSSR count). The molecule has 7 nitrogen and oxygen atoms in total. The highest BCUT2D eigenvalue weighted by atomic mass is 16.2. The number of rotatable bonds is 4.